The Bertz CT molecular complexity index is 2500. The van der Waals surface area contributed by atoms with Gasteiger partial charge in [-0.2, -0.15) is 0 Å². The van der Waals surface area contributed by atoms with E-state index in [1.165, 1.54) is 59.4 Å². The van der Waals surface area contributed by atoms with Crippen LogP contribution in [0.3, 0.4) is 0 Å². The fourth-order valence-electron chi connectivity index (χ4n) is 13.6. The van der Waals surface area contributed by atoms with Crippen molar-refractivity contribution in [3.8, 4) is 0 Å². The zero-order valence-electron chi connectivity index (χ0n) is 44.5. The second-order valence-electron chi connectivity index (χ2n) is 23.4. The molecule has 378 valence electrons. The number of hydrogen-bond acceptors (Lipinski definition) is 7. The Morgan fingerprint density at radius 1 is 0.757 bits per heavy atom. The van der Waals surface area contributed by atoms with Gasteiger partial charge in [-0.1, -0.05) is 136 Å². The Kier molecular flexibility index (Phi) is 16.3. The van der Waals surface area contributed by atoms with E-state index in [4.69, 9.17) is 9.47 Å². The molecule has 1 N–H and O–H groups in total. The molecule has 0 aromatic heterocycles. The Hall–Kier alpha value is -4.95. The molecule has 0 radical (unpaired) electrons. The molecule has 0 bridgehead atoms. The molecule has 0 heterocycles. The Morgan fingerprint density at radius 2 is 1.29 bits per heavy atom. The Balaban J connectivity index is 1.23. The van der Waals surface area contributed by atoms with Crippen molar-refractivity contribution in [3.05, 3.63) is 141 Å². The van der Waals surface area contributed by atoms with E-state index in [-0.39, 0.29) is 23.0 Å². The molecule has 6 aliphatic rings. The lowest BCUT2D eigenvalue weighted by Crippen LogP contribution is -2.70. The van der Waals surface area contributed by atoms with Crippen LogP contribution in [-0.2, 0) is 28.7 Å². The number of aliphatic hydroxyl groups excluding tert-OH is 1. The number of halogens is 1. The summed E-state index contributed by atoms with van der Waals surface area (Å²) in [6, 6.07) is 0. The van der Waals surface area contributed by atoms with E-state index in [1.54, 1.807) is 39.0 Å². The van der Waals surface area contributed by atoms with Crippen LogP contribution >= 0.6 is 0 Å². The summed E-state index contributed by atoms with van der Waals surface area (Å²) >= 11 is 0. The zero-order valence-corrected chi connectivity index (χ0v) is 44.5. The van der Waals surface area contributed by atoms with Gasteiger partial charge in [0.25, 0.3) is 0 Å². The van der Waals surface area contributed by atoms with Crippen molar-refractivity contribution < 1.29 is 38.1 Å². The van der Waals surface area contributed by atoms with Crippen molar-refractivity contribution in [1.29, 1.82) is 0 Å². The highest BCUT2D eigenvalue weighted by Crippen LogP contribution is 2.71. The second kappa shape index (κ2) is 21.0. The van der Waals surface area contributed by atoms with Gasteiger partial charge in [-0.25, -0.2) is 14.0 Å². The minimum Gasteiger partial charge on any atom is -0.454 e. The number of fused-ring (bicyclic) bond motifs is 5. The molecule has 0 spiro atoms. The lowest BCUT2D eigenvalue weighted by molar-refractivity contribution is -0.227. The van der Waals surface area contributed by atoms with Gasteiger partial charge in [0.1, 0.15) is 0 Å². The summed E-state index contributed by atoms with van der Waals surface area (Å²) in [6.07, 6.45) is 33.4. The van der Waals surface area contributed by atoms with E-state index in [0.29, 0.717) is 36.0 Å². The fraction of sp³-hybridized carbons (Fsp3) is 0.548. The number of ether oxygens (including phenoxy) is 2. The lowest BCUT2D eigenvalue weighted by atomic mass is 9.44. The third-order valence-electron chi connectivity index (χ3n) is 17.4. The van der Waals surface area contributed by atoms with Crippen LogP contribution in [0, 0.1) is 39.4 Å². The number of esters is 2. The molecular weight excluding hydrogens is 876 g/mol. The summed E-state index contributed by atoms with van der Waals surface area (Å²) in [6.45, 7) is 25.9. The quantitative estimate of drug-likeness (QED) is 0.105. The third-order valence-corrected chi connectivity index (χ3v) is 17.4. The summed E-state index contributed by atoms with van der Waals surface area (Å²) in [5.74, 6) is -4.15. The van der Waals surface area contributed by atoms with Crippen molar-refractivity contribution in [2.75, 3.05) is 6.61 Å². The topological polar surface area (TPSA) is 107 Å². The van der Waals surface area contributed by atoms with Crippen LogP contribution in [-0.4, -0.2) is 52.6 Å². The van der Waals surface area contributed by atoms with Gasteiger partial charge >= 0.3 is 11.9 Å². The maximum atomic E-state index is 18.2. The monoisotopic (exact) mass is 957 g/mol. The van der Waals surface area contributed by atoms with Crippen LogP contribution in [0.4, 0.5) is 4.39 Å². The summed E-state index contributed by atoms with van der Waals surface area (Å²) in [7, 11) is 0. The van der Waals surface area contributed by atoms with Gasteiger partial charge in [0.2, 0.25) is 5.78 Å². The largest absolute Gasteiger partial charge is 0.454 e. The number of rotatable bonds is 14. The first-order valence-corrected chi connectivity index (χ1v) is 25.8. The molecule has 0 aliphatic heterocycles. The molecule has 6 aliphatic carbocycles. The fourth-order valence-corrected chi connectivity index (χ4v) is 13.6. The number of hydrogen-bond donors (Lipinski definition) is 1. The molecule has 8 heteroatoms. The van der Waals surface area contributed by atoms with Crippen LogP contribution < -0.4 is 0 Å². The van der Waals surface area contributed by atoms with Crippen LogP contribution in [0.2, 0.25) is 0 Å². The summed E-state index contributed by atoms with van der Waals surface area (Å²) in [4.78, 5) is 55.0. The molecule has 0 aromatic rings. The predicted octanol–water partition coefficient (Wildman–Crippen LogP) is 14.1. The molecule has 3 saturated carbocycles. The first-order valence-electron chi connectivity index (χ1n) is 25.8. The van der Waals surface area contributed by atoms with E-state index >= 15 is 4.39 Å². The van der Waals surface area contributed by atoms with Gasteiger partial charge in [-0.15, -0.1) is 0 Å². The zero-order chi connectivity index (χ0) is 51.6. The molecule has 0 saturated heterocycles. The lowest BCUT2D eigenvalue weighted by Gasteiger charge is -2.62. The van der Waals surface area contributed by atoms with Gasteiger partial charge in [-0.3, -0.25) is 9.59 Å². The highest BCUT2D eigenvalue weighted by molar-refractivity contribution is 6.01. The molecule has 7 nitrogen and oxygen atoms in total. The van der Waals surface area contributed by atoms with Gasteiger partial charge in [0, 0.05) is 34.8 Å². The smallest absolute Gasteiger partial charge is 0.332 e. The number of allylic oxidation sites excluding steroid dienone is 22. The van der Waals surface area contributed by atoms with Crippen molar-refractivity contribution in [1.82, 2.24) is 0 Å². The number of ketones is 2. The maximum Gasteiger partial charge on any atom is 0.332 e. The van der Waals surface area contributed by atoms with Crippen LogP contribution in [0.1, 0.15) is 154 Å². The number of aliphatic hydroxyl groups is 1. The minimum atomic E-state index is -2.15. The average molecular weight is 957 g/mol. The van der Waals surface area contributed by atoms with Gasteiger partial charge in [0.05, 0.1) is 6.10 Å². The second-order valence-corrected chi connectivity index (χ2v) is 23.4. The first-order chi connectivity index (χ1) is 32.7. The third kappa shape index (κ3) is 10.6. The molecule has 0 unspecified atom stereocenters. The molecular formula is C62H81FO7. The predicted molar refractivity (Wildman–Crippen MR) is 280 cm³/mol. The number of carbonyl (C=O) groups is 4. The van der Waals surface area contributed by atoms with Gasteiger partial charge in [-0.05, 0) is 164 Å². The molecule has 8 atom stereocenters. The standard InChI is InChI=1S/C62H81FO7/c1-40(24-27-49-44(5)22-16-31-57(49,8)9)18-14-20-42(3)34-55(67)69-39-54(66)62(70-56(68)35-43(4)21-15-19-41(2)25-28-50-45(6)23-17-32-58(50,10)11)46(7)36-52-51-29-26-47-37-48(64)30-33-59(47,12)61(51,63)53(65)38-60(52,62)13/h14-15,18-21,24-25,27-28,30,33-35,37,46,51-53,65H,16-17,22-23,26,29,31-32,36,38-39H2,1-13H3/b20-14+,21-15?,27-24+,28-25+,40-18+,41-19?,42-34+,43-35?/t46-,51+,52-,53+,59+,60+,61+,62-/m1/s1. The van der Waals surface area contributed by atoms with Crippen molar-refractivity contribution in [3.63, 3.8) is 0 Å². The number of carbonyl (C=O) groups excluding carboxylic acids is 4. The van der Waals surface area contributed by atoms with E-state index < -0.39 is 70.3 Å². The van der Waals surface area contributed by atoms with Crippen LogP contribution in [0.15, 0.2) is 141 Å². The SMILES string of the molecule is CC(C=CC=C(C)/C=C/C1=C(C)CCCC1(C)C)=CC(=O)O[C@@]1(C(=O)COC(=O)/C=C(C)/C=C/C=C(C)/C=C/C2=C(C)CCCC2(C)C)[C@H](C)C[C@@H]2[C@@H]3CCC4=CC(=O)C=C[C@]4(C)[C@@]3(F)[C@@H](O)C[C@@]21C. The number of alkyl halides is 1. The summed E-state index contributed by atoms with van der Waals surface area (Å²) in [5.41, 5.74) is 3.34. The molecule has 6 rings (SSSR count). The molecule has 70 heavy (non-hydrogen) atoms. The van der Waals surface area contributed by atoms with Crippen molar-refractivity contribution in [2.45, 2.75) is 172 Å². The maximum absolute atomic E-state index is 18.2. The van der Waals surface area contributed by atoms with E-state index in [2.05, 4.69) is 65.8 Å². The first kappa shape index (κ1) is 54.4. The highest BCUT2D eigenvalue weighted by atomic mass is 19.1. The van der Waals surface area contributed by atoms with Crippen molar-refractivity contribution >= 4 is 23.5 Å². The molecule has 3 fully saturated rings. The van der Waals surface area contributed by atoms with Gasteiger partial charge in [0.15, 0.2) is 23.7 Å². The van der Waals surface area contributed by atoms with E-state index in [0.717, 1.165) is 36.8 Å². The van der Waals surface area contributed by atoms with Crippen LogP contribution in [0.5, 0.6) is 0 Å². The Morgan fingerprint density at radius 3 is 1.81 bits per heavy atom. The van der Waals surface area contributed by atoms with Crippen molar-refractivity contribution in [2.24, 2.45) is 39.4 Å². The summed E-state index contributed by atoms with van der Waals surface area (Å²) < 4.78 is 30.3. The average Bonchev–Trinajstić information content (AvgIpc) is 3.47. The van der Waals surface area contributed by atoms with Gasteiger partial charge < -0.3 is 14.6 Å². The highest BCUT2D eigenvalue weighted by Gasteiger charge is 2.77. The molecule has 0 aromatic carbocycles. The Labute approximate surface area is 419 Å². The normalized spacial score (nSPS) is 33.8. The van der Waals surface area contributed by atoms with Crippen LogP contribution in [0.25, 0.3) is 0 Å². The van der Waals surface area contributed by atoms with E-state index in [9.17, 15) is 24.3 Å². The van der Waals surface area contributed by atoms with E-state index in [1.807, 2.05) is 52.0 Å². The molecule has 0 amide bonds. The minimum absolute atomic E-state index is 0.129. The number of Topliss-reactive ketones (excluding diaryl/α,β-unsaturated/α-hetero) is 1. The summed E-state index contributed by atoms with van der Waals surface area (Å²) in [5, 5.41) is 12.1.